The average molecular weight is 355 g/mol. The predicted molar refractivity (Wildman–Crippen MR) is 86.1 cm³/mol. The minimum absolute atomic E-state index is 0.270. The van der Waals surface area contributed by atoms with Crippen LogP contribution in [0.15, 0.2) is 12.1 Å². The molecular weight excluding hydrogens is 334 g/mol. The van der Waals surface area contributed by atoms with Gasteiger partial charge < -0.3 is 4.90 Å². The molecule has 3 aliphatic rings. The highest BCUT2D eigenvalue weighted by Crippen LogP contribution is 2.60. The highest BCUT2D eigenvalue weighted by atomic mass is 19.4. The Morgan fingerprint density at radius 3 is 2.24 bits per heavy atom. The van der Waals surface area contributed by atoms with Crippen molar-refractivity contribution in [2.24, 2.45) is 5.92 Å². The minimum atomic E-state index is -4.48. The number of hydrogen-bond acceptors (Lipinski definition) is 1. The van der Waals surface area contributed by atoms with Gasteiger partial charge in [-0.2, -0.15) is 13.2 Å². The Morgan fingerprint density at radius 1 is 1.12 bits per heavy atom. The number of rotatable bonds is 4. The first kappa shape index (κ1) is 16.9. The van der Waals surface area contributed by atoms with Crippen LogP contribution < -0.4 is 4.90 Å². The quantitative estimate of drug-likeness (QED) is 0.708. The molecule has 4 rings (SSSR count). The van der Waals surface area contributed by atoms with Crippen LogP contribution >= 0.6 is 0 Å². The molecule has 0 N–H and O–H groups in total. The number of alkyl halides is 3. The van der Waals surface area contributed by atoms with Crippen molar-refractivity contribution in [3.8, 4) is 0 Å². The van der Waals surface area contributed by atoms with Gasteiger partial charge in [0.05, 0.1) is 5.41 Å². The molecule has 6 heteroatoms. The van der Waals surface area contributed by atoms with Gasteiger partial charge in [0.25, 0.3) is 0 Å². The summed E-state index contributed by atoms with van der Waals surface area (Å²) in [5.74, 6) is -0.521. The topological polar surface area (TPSA) is 20.3 Å². The SMILES string of the molecule is CC(C)CC1(c2cc3c(cc2F)C2(CC2)C(=O)N3CC(F)(F)F)CC1. The minimum Gasteiger partial charge on any atom is -0.302 e. The molecule has 25 heavy (non-hydrogen) atoms. The van der Waals surface area contributed by atoms with Gasteiger partial charge in [-0.3, -0.25) is 4.79 Å². The summed E-state index contributed by atoms with van der Waals surface area (Å²) in [5.41, 5.74) is 0.0149. The highest BCUT2D eigenvalue weighted by molar-refractivity contribution is 6.10. The summed E-state index contributed by atoms with van der Waals surface area (Å²) < 4.78 is 53.8. The van der Waals surface area contributed by atoms with E-state index in [1.165, 1.54) is 12.1 Å². The smallest absolute Gasteiger partial charge is 0.302 e. The second kappa shape index (κ2) is 4.98. The Morgan fingerprint density at radius 2 is 1.76 bits per heavy atom. The van der Waals surface area contributed by atoms with Crippen LogP contribution in [0.25, 0.3) is 0 Å². The molecule has 1 aromatic rings. The fraction of sp³-hybridized carbons (Fsp3) is 0.632. The van der Waals surface area contributed by atoms with E-state index in [0.717, 1.165) is 24.2 Å². The van der Waals surface area contributed by atoms with Gasteiger partial charge in [0, 0.05) is 5.69 Å². The molecule has 1 spiro atoms. The summed E-state index contributed by atoms with van der Waals surface area (Å²) in [6.07, 6.45) is -0.969. The van der Waals surface area contributed by atoms with E-state index < -0.39 is 24.0 Å². The maximum absolute atomic E-state index is 14.8. The van der Waals surface area contributed by atoms with Crippen molar-refractivity contribution in [2.45, 2.75) is 63.0 Å². The van der Waals surface area contributed by atoms with E-state index in [1.54, 1.807) is 0 Å². The molecule has 1 aromatic carbocycles. The third kappa shape index (κ3) is 2.56. The van der Waals surface area contributed by atoms with Crippen molar-refractivity contribution < 1.29 is 22.4 Å². The first-order valence-corrected chi connectivity index (χ1v) is 8.81. The number of carbonyl (C=O) groups is 1. The third-order valence-corrected chi connectivity index (χ3v) is 5.86. The fourth-order valence-electron chi connectivity index (χ4n) is 4.52. The van der Waals surface area contributed by atoms with E-state index in [0.29, 0.717) is 29.9 Å². The molecule has 0 unspecified atom stereocenters. The molecular formula is C19H21F4NO. The number of hydrogen-bond donors (Lipinski definition) is 0. The van der Waals surface area contributed by atoms with Crippen LogP contribution in [0.5, 0.6) is 0 Å². The molecule has 2 aliphatic carbocycles. The fourth-order valence-corrected chi connectivity index (χ4v) is 4.52. The largest absolute Gasteiger partial charge is 0.406 e. The zero-order valence-electron chi connectivity index (χ0n) is 14.3. The number of halogens is 4. The highest BCUT2D eigenvalue weighted by Gasteiger charge is 2.61. The molecule has 0 saturated heterocycles. The van der Waals surface area contributed by atoms with Crippen molar-refractivity contribution in [2.75, 3.05) is 11.4 Å². The number of carbonyl (C=O) groups excluding carboxylic acids is 1. The number of anilines is 1. The van der Waals surface area contributed by atoms with E-state index in [4.69, 9.17) is 0 Å². The zero-order chi connectivity index (χ0) is 18.2. The second-order valence-corrected chi connectivity index (χ2v) is 8.32. The molecule has 2 nitrogen and oxygen atoms in total. The summed E-state index contributed by atoms with van der Waals surface area (Å²) in [4.78, 5) is 13.4. The molecule has 0 aromatic heterocycles. The number of amides is 1. The summed E-state index contributed by atoms with van der Waals surface area (Å²) in [5, 5.41) is 0. The first-order chi connectivity index (χ1) is 11.6. The molecule has 0 bridgehead atoms. The summed E-state index contributed by atoms with van der Waals surface area (Å²) >= 11 is 0. The third-order valence-electron chi connectivity index (χ3n) is 5.86. The first-order valence-electron chi connectivity index (χ1n) is 8.81. The van der Waals surface area contributed by atoms with Crippen LogP contribution in [0.3, 0.4) is 0 Å². The van der Waals surface area contributed by atoms with Crippen LogP contribution in [0.2, 0.25) is 0 Å². The van der Waals surface area contributed by atoms with Gasteiger partial charge in [-0.25, -0.2) is 4.39 Å². The van der Waals surface area contributed by atoms with Gasteiger partial charge in [0.1, 0.15) is 12.4 Å². The van der Waals surface area contributed by atoms with Gasteiger partial charge in [0.2, 0.25) is 5.91 Å². The van der Waals surface area contributed by atoms with Gasteiger partial charge in [-0.1, -0.05) is 13.8 Å². The lowest BCUT2D eigenvalue weighted by Gasteiger charge is -2.23. The number of nitrogens with zero attached hydrogens (tertiary/aromatic N) is 1. The van der Waals surface area contributed by atoms with E-state index in [1.807, 2.05) is 0 Å². The lowest BCUT2D eigenvalue weighted by molar-refractivity contribution is -0.132. The van der Waals surface area contributed by atoms with Crippen molar-refractivity contribution in [1.82, 2.24) is 0 Å². The van der Waals surface area contributed by atoms with Crippen molar-refractivity contribution >= 4 is 11.6 Å². The lowest BCUT2D eigenvalue weighted by Crippen LogP contribution is -2.39. The Hall–Kier alpha value is -1.59. The second-order valence-electron chi connectivity index (χ2n) is 8.32. The zero-order valence-corrected chi connectivity index (χ0v) is 14.3. The Bertz CT molecular complexity index is 745. The van der Waals surface area contributed by atoms with Gasteiger partial charge in [-0.15, -0.1) is 0 Å². The van der Waals surface area contributed by atoms with Crippen molar-refractivity contribution in [1.29, 1.82) is 0 Å². The number of fused-ring (bicyclic) bond motifs is 2. The van der Waals surface area contributed by atoms with E-state index >= 15 is 0 Å². The summed E-state index contributed by atoms with van der Waals surface area (Å²) in [6.45, 7) is 2.82. The Labute approximate surface area is 144 Å². The van der Waals surface area contributed by atoms with E-state index in [2.05, 4.69) is 13.8 Å². The predicted octanol–water partition coefficient (Wildman–Crippen LogP) is 4.84. The molecule has 136 valence electrons. The van der Waals surface area contributed by atoms with Crippen molar-refractivity contribution in [3.63, 3.8) is 0 Å². The molecule has 2 saturated carbocycles. The van der Waals surface area contributed by atoms with E-state index in [9.17, 15) is 22.4 Å². The van der Waals surface area contributed by atoms with Crippen LogP contribution in [-0.4, -0.2) is 18.6 Å². The molecule has 1 amide bonds. The van der Waals surface area contributed by atoms with Crippen LogP contribution in [0, 0.1) is 11.7 Å². The monoisotopic (exact) mass is 355 g/mol. The molecule has 0 radical (unpaired) electrons. The van der Waals surface area contributed by atoms with E-state index in [-0.39, 0.29) is 16.9 Å². The molecule has 0 atom stereocenters. The molecule has 2 fully saturated rings. The Kier molecular flexibility index (Phi) is 3.36. The normalized spacial score (nSPS) is 22.7. The van der Waals surface area contributed by atoms with Gasteiger partial charge in [-0.05, 0) is 66.7 Å². The molecule has 1 aliphatic heterocycles. The number of benzene rings is 1. The maximum Gasteiger partial charge on any atom is 0.406 e. The van der Waals surface area contributed by atoms with Gasteiger partial charge >= 0.3 is 6.18 Å². The van der Waals surface area contributed by atoms with Crippen molar-refractivity contribution in [3.05, 3.63) is 29.1 Å². The lowest BCUT2D eigenvalue weighted by atomic mass is 9.85. The summed E-state index contributed by atoms with van der Waals surface area (Å²) in [6, 6.07) is 2.88. The van der Waals surface area contributed by atoms with Gasteiger partial charge in [0.15, 0.2) is 0 Å². The van der Waals surface area contributed by atoms with Crippen LogP contribution in [0.1, 0.15) is 57.1 Å². The maximum atomic E-state index is 14.8. The average Bonchev–Trinajstić information content (AvgIpc) is 3.37. The van der Waals surface area contributed by atoms with Crippen LogP contribution in [-0.2, 0) is 15.6 Å². The molecule has 1 heterocycles. The Balaban J connectivity index is 1.79. The van der Waals surface area contributed by atoms with Crippen LogP contribution in [0.4, 0.5) is 23.2 Å². The summed E-state index contributed by atoms with van der Waals surface area (Å²) in [7, 11) is 0. The standard InChI is InChI=1S/C19H21F4NO/c1-11(2)9-17(3-4-17)12-8-15-13(7-14(12)20)18(5-6-18)16(25)24(15)10-19(21,22)23/h7-8,11H,3-6,9-10H2,1-2H3.